The fourth-order valence-electron chi connectivity index (χ4n) is 1.54. The van der Waals surface area contributed by atoms with Crippen LogP contribution in [0.3, 0.4) is 0 Å². The van der Waals surface area contributed by atoms with E-state index >= 15 is 0 Å². The van der Waals surface area contributed by atoms with Gasteiger partial charge in [0.15, 0.2) is 0 Å². The molecule has 3 nitrogen and oxygen atoms in total. The van der Waals surface area contributed by atoms with E-state index in [1.807, 2.05) is 25.1 Å². The number of H-pyrrole nitrogens is 1. The molecule has 0 fully saturated rings. The molecule has 0 aliphatic rings. The highest BCUT2D eigenvalue weighted by Gasteiger charge is 2.00. The van der Waals surface area contributed by atoms with Crippen molar-refractivity contribution in [2.45, 2.75) is 26.7 Å². The molecule has 1 N–H and O–H groups in total. The molecule has 0 radical (unpaired) electrons. The van der Waals surface area contributed by atoms with Crippen LogP contribution in [0.25, 0.3) is 11.0 Å². The summed E-state index contributed by atoms with van der Waals surface area (Å²) in [4.78, 5) is 7.54. The Labute approximate surface area is 89.5 Å². The number of hydrogen-bond acceptors (Lipinski definition) is 2. The van der Waals surface area contributed by atoms with Crippen molar-refractivity contribution in [2.24, 2.45) is 0 Å². The lowest BCUT2D eigenvalue weighted by Crippen LogP contribution is -1.95. The number of hydrogen-bond donors (Lipinski definition) is 1. The van der Waals surface area contributed by atoms with Gasteiger partial charge in [-0.25, -0.2) is 4.98 Å². The third-order valence-electron chi connectivity index (χ3n) is 2.34. The molecule has 1 heterocycles. The standard InChI is InChI=1S/C12H16N2O/c1-3-4-7-15-10-5-6-11-12(8-10)14-9(2)13-11/h5-6,8H,3-4,7H2,1-2H3,(H,13,14). The maximum absolute atomic E-state index is 5.62. The fourth-order valence-corrected chi connectivity index (χ4v) is 1.54. The van der Waals surface area contributed by atoms with Gasteiger partial charge in [0.2, 0.25) is 0 Å². The maximum atomic E-state index is 5.62. The smallest absolute Gasteiger partial charge is 0.121 e. The van der Waals surface area contributed by atoms with Crippen molar-refractivity contribution in [1.29, 1.82) is 0 Å². The molecule has 0 aliphatic heterocycles. The number of benzene rings is 1. The molecule has 0 unspecified atom stereocenters. The van der Waals surface area contributed by atoms with Gasteiger partial charge in [0.25, 0.3) is 0 Å². The van der Waals surface area contributed by atoms with Gasteiger partial charge in [0, 0.05) is 6.07 Å². The molecule has 0 amide bonds. The Kier molecular flexibility index (Phi) is 2.90. The number of unbranched alkanes of at least 4 members (excludes halogenated alkanes) is 1. The molecule has 2 aromatic rings. The van der Waals surface area contributed by atoms with Crippen LogP contribution in [0.2, 0.25) is 0 Å². The summed E-state index contributed by atoms with van der Waals surface area (Å²) < 4.78 is 5.62. The summed E-state index contributed by atoms with van der Waals surface area (Å²) in [5.41, 5.74) is 2.04. The molecular formula is C12H16N2O. The van der Waals surface area contributed by atoms with Crippen molar-refractivity contribution in [3.05, 3.63) is 24.0 Å². The normalized spacial score (nSPS) is 10.8. The largest absolute Gasteiger partial charge is 0.494 e. The number of nitrogens with zero attached hydrogens (tertiary/aromatic N) is 1. The Hall–Kier alpha value is -1.51. The van der Waals surface area contributed by atoms with Crippen LogP contribution < -0.4 is 4.74 Å². The molecule has 15 heavy (non-hydrogen) atoms. The second-order valence-corrected chi connectivity index (χ2v) is 3.70. The van der Waals surface area contributed by atoms with Crippen LogP contribution in [0.4, 0.5) is 0 Å². The van der Waals surface area contributed by atoms with Crippen LogP contribution in [0.5, 0.6) is 5.75 Å². The Morgan fingerprint density at radius 2 is 2.27 bits per heavy atom. The van der Waals surface area contributed by atoms with Crippen molar-refractivity contribution in [1.82, 2.24) is 9.97 Å². The Morgan fingerprint density at radius 1 is 1.40 bits per heavy atom. The Morgan fingerprint density at radius 3 is 3.07 bits per heavy atom. The van der Waals surface area contributed by atoms with E-state index in [0.29, 0.717) is 0 Å². The van der Waals surface area contributed by atoms with E-state index in [1.54, 1.807) is 0 Å². The molecule has 0 saturated carbocycles. The van der Waals surface area contributed by atoms with Crippen LogP contribution in [0, 0.1) is 6.92 Å². The summed E-state index contributed by atoms with van der Waals surface area (Å²) in [7, 11) is 0. The zero-order valence-electron chi connectivity index (χ0n) is 9.21. The Balaban J connectivity index is 2.15. The van der Waals surface area contributed by atoms with Crippen LogP contribution in [-0.4, -0.2) is 16.6 Å². The Bertz CT molecular complexity index is 448. The third kappa shape index (κ3) is 2.29. The number of aromatic amines is 1. The zero-order chi connectivity index (χ0) is 10.7. The number of aryl methyl sites for hydroxylation is 1. The van der Waals surface area contributed by atoms with Gasteiger partial charge in [-0.2, -0.15) is 0 Å². The van der Waals surface area contributed by atoms with Crippen molar-refractivity contribution in [3.8, 4) is 5.75 Å². The van der Waals surface area contributed by atoms with E-state index in [1.165, 1.54) is 0 Å². The molecule has 0 bridgehead atoms. The van der Waals surface area contributed by atoms with Gasteiger partial charge >= 0.3 is 0 Å². The second kappa shape index (κ2) is 4.34. The number of nitrogens with one attached hydrogen (secondary N) is 1. The summed E-state index contributed by atoms with van der Waals surface area (Å²) in [6, 6.07) is 5.96. The van der Waals surface area contributed by atoms with Crippen molar-refractivity contribution < 1.29 is 4.74 Å². The summed E-state index contributed by atoms with van der Waals surface area (Å²) in [6.07, 6.45) is 2.26. The van der Waals surface area contributed by atoms with E-state index in [4.69, 9.17) is 4.74 Å². The number of aromatic nitrogens is 2. The van der Waals surface area contributed by atoms with E-state index in [0.717, 1.165) is 42.1 Å². The van der Waals surface area contributed by atoms with Gasteiger partial charge in [0.05, 0.1) is 17.6 Å². The first-order valence-corrected chi connectivity index (χ1v) is 5.39. The van der Waals surface area contributed by atoms with Crippen LogP contribution in [-0.2, 0) is 0 Å². The minimum absolute atomic E-state index is 0.787. The predicted octanol–water partition coefficient (Wildman–Crippen LogP) is 3.05. The van der Waals surface area contributed by atoms with Crippen LogP contribution in [0.1, 0.15) is 25.6 Å². The van der Waals surface area contributed by atoms with Gasteiger partial charge in [-0.15, -0.1) is 0 Å². The van der Waals surface area contributed by atoms with E-state index in [2.05, 4.69) is 16.9 Å². The highest BCUT2D eigenvalue weighted by molar-refractivity contribution is 5.76. The molecule has 0 aliphatic carbocycles. The van der Waals surface area contributed by atoms with E-state index in [-0.39, 0.29) is 0 Å². The molecule has 0 saturated heterocycles. The lowest BCUT2D eigenvalue weighted by Gasteiger charge is -2.04. The van der Waals surface area contributed by atoms with Crippen LogP contribution >= 0.6 is 0 Å². The quantitative estimate of drug-likeness (QED) is 0.777. The molecule has 0 spiro atoms. The molecular weight excluding hydrogens is 188 g/mol. The fraction of sp³-hybridized carbons (Fsp3) is 0.417. The summed E-state index contributed by atoms with van der Waals surface area (Å²) >= 11 is 0. The van der Waals surface area contributed by atoms with E-state index in [9.17, 15) is 0 Å². The number of fused-ring (bicyclic) bond motifs is 1. The minimum atomic E-state index is 0.787. The summed E-state index contributed by atoms with van der Waals surface area (Å²) in [6.45, 7) is 4.90. The molecule has 2 rings (SSSR count). The molecule has 1 aromatic heterocycles. The summed E-state index contributed by atoms with van der Waals surface area (Å²) in [5.74, 6) is 1.86. The van der Waals surface area contributed by atoms with Gasteiger partial charge in [-0.3, -0.25) is 0 Å². The predicted molar refractivity (Wildman–Crippen MR) is 61.2 cm³/mol. The number of ether oxygens (including phenoxy) is 1. The number of imidazole rings is 1. The van der Waals surface area contributed by atoms with Gasteiger partial charge in [0.1, 0.15) is 11.6 Å². The third-order valence-corrected chi connectivity index (χ3v) is 2.34. The summed E-state index contributed by atoms with van der Waals surface area (Å²) in [5, 5.41) is 0. The van der Waals surface area contributed by atoms with Gasteiger partial charge < -0.3 is 9.72 Å². The molecule has 3 heteroatoms. The van der Waals surface area contributed by atoms with Crippen molar-refractivity contribution in [3.63, 3.8) is 0 Å². The highest BCUT2D eigenvalue weighted by atomic mass is 16.5. The second-order valence-electron chi connectivity index (χ2n) is 3.70. The molecule has 1 aromatic carbocycles. The maximum Gasteiger partial charge on any atom is 0.121 e. The zero-order valence-corrected chi connectivity index (χ0v) is 9.21. The van der Waals surface area contributed by atoms with Crippen molar-refractivity contribution in [2.75, 3.05) is 6.61 Å². The van der Waals surface area contributed by atoms with E-state index < -0.39 is 0 Å². The first-order valence-electron chi connectivity index (χ1n) is 5.39. The lowest BCUT2D eigenvalue weighted by molar-refractivity contribution is 0.310. The van der Waals surface area contributed by atoms with Gasteiger partial charge in [-0.05, 0) is 25.5 Å². The van der Waals surface area contributed by atoms with Crippen LogP contribution in [0.15, 0.2) is 18.2 Å². The average molecular weight is 204 g/mol. The average Bonchev–Trinajstić information content (AvgIpc) is 2.57. The highest BCUT2D eigenvalue weighted by Crippen LogP contribution is 2.19. The lowest BCUT2D eigenvalue weighted by atomic mass is 10.3. The monoisotopic (exact) mass is 204 g/mol. The minimum Gasteiger partial charge on any atom is -0.494 e. The number of rotatable bonds is 4. The van der Waals surface area contributed by atoms with Crippen molar-refractivity contribution >= 4 is 11.0 Å². The topological polar surface area (TPSA) is 37.9 Å². The molecule has 80 valence electrons. The first kappa shape index (κ1) is 10.0. The first-order chi connectivity index (χ1) is 7.29. The van der Waals surface area contributed by atoms with Gasteiger partial charge in [-0.1, -0.05) is 13.3 Å². The SMILES string of the molecule is CCCCOc1ccc2nc(C)[nH]c2c1. The molecule has 0 atom stereocenters.